The normalized spacial score (nSPS) is 14.7. The first kappa shape index (κ1) is 32.6. The molecule has 0 aliphatic carbocycles. The number of carbonyl (C=O) groups is 2. The molecule has 0 spiro atoms. The minimum Gasteiger partial charge on any atom is -0.493 e. The lowest BCUT2D eigenvalue weighted by Gasteiger charge is -2.35. The summed E-state index contributed by atoms with van der Waals surface area (Å²) in [5.41, 5.74) is 1.32. The van der Waals surface area contributed by atoms with Crippen LogP contribution >= 0.6 is 0 Å². The van der Waals surface area contributed by atoms with Crippen LogP contribution in [0.25, 0.3) is 10.9 Å². The van der Waals surface area contributed by atoms with E-state index in [2.05, 4.69) is 20.2 Å². The zero-order valence-electron chi connectivity index (χ0n) is 25.9. The molecule has 1 aromatic heterocycles. The van der Waals surface area contributed by atoms with Gasteiger partial charge in [-0.2, -0.15) is 0 Å². The van der Waals surface area contributed by atoms with E-state index in [1.165, 1.54) is 18.3 Å². The third-order valence-electron chi connectivity index (χ3n) is 7.13. The van der Waals surface area contributed by atoms with Crippen LogP contribution in [0.5, 0.6) is 17.2 Å². The molecule has 238 valence electrons. The Hall–Kier alpha value is -4.36. The quantitative estimate of drug-likeness (QED) is 0.279. The topological polar surface area (TPSA) is 150 Å². The van der Waals surface area contributed by atoms with Gasteiger partial charge in [0.05, 0.1) is 37.4 Å². The highest BCUT2D eigenvalue weighted by molar-refractivity contribution is 5.92. The molecule has 2 atom stereocenters. The van der Waals surface area contributed by atoms with Crippen LogP contribution in [-0.4, -0.2) is 114 Å². The predicted octanol–water partition coefficient (Wildman–Crippen LogP) is 2.75. The van der Waals surface area contributed by atoms with Crippen molar-refractivity contribution < 1.29 is 34.0 Å². The Labute approximate surface area is 257 Å². The van der Waals surface area contributed by atoms with Gasteiger partial charge in [-0.25, -0.2) is 14.8 Å². The molecular formula is C31H42N6O7. The summed E-state index contributed by atoms with van der Waals surface area (Å²) < 4.78 is 17.1. The smallest absolute Gasteiger partial charge is 0.321 e. The highest BCUT2D eigenvalue weighted by Crippen LogP contribution is 2.35. The summed E-state index contributed by atoms with van der Waals surface area (Å²) >= 11 is 0. The van der Waals surface area contributed by atoms with Crippen LogP contribution in [0, 0.1) is 0 Å². The fraction of sp³-hybridized carbons (Fsp3) is 0.484. The lowest BCUT2D eigenvalue weighted by atomic mass is 10.1. The summed E-state index contributed by atoms with van der Waals surface area (Å²) in [6.45, 7) is 5.99. The van der Waals surface area contributed by atoms with Crippen molar-refractivity contribution in [3.05, 3.63) is 42.7 Å². The fourth-order valence-corrected chi connectivity index (χ4v) is 4.82. The van der Waals surface area contributed by atoms with Gasteiger partial charge < -0.3 is 44.4 Å². The van der Waals surface area contributed by atoms with Crippen LogP contribution in [-0.2, 0) is 4.79 Å². The Kier molecular flexibility index (Phi) is 11.0. The highest BCUT2D eigenvalue weighted by Gasteiger charge is 2.24. The van der Waals surface area contributed by atoms with E-state index >= 15 is 0 Å². The van der Waals surface area contributed by atoms with E-state index in [0.29, 0.717) is 48.9 Å². The van der Waals surface area contributed by atoms with Crippen LogP contribution in [0.1, 0.15) is 26.7 Å². The van der Waals surface area contributed by atoms with Gasteiger partial charge in [-0.05, 0) is 44.2 Å². The summed E-state index contributed by atoms with van der Waals surface area (Å²) in [4.78, 5) is 38.9. The van der Waals surface area contributed by atoms with Crippen molar-refractivity contribution in [1.29, 1.82) is 0 Å². The zero-order valence-corrected chi connectivity index (χ0v) is 25.9. The number of carbonyl (C=O) groups excluding carboxylic acids is 2. The minimum absolute atomic E-state index is 0.00860. The van der Waals surface area contributed by atoms with E-state index in [1.807, 2.05) is 38.1 Å². The van der Waals surface area contributed by atoms with Crippen LogP contribution in [0.15, 0.2) is 42.7 Å². The first-order valence-corrected chi connectivity index (χ1v) is 14.6. The average molecular weight is 611 g/mol. The van der Waals surface area contributed by atoms with Gasteiger partial charge in [0.25, 0.3) is 0 Å². The van der Waals surface area contributed by atoms with Gasteiger partial charge in [0, 0.05) is 63.8 Å². The Bertz CT molecular complexity index is 1410. The SMILES string of the molecule is COc1cc2c(N3CCN(C(=O)Nc4ccc(OC(C)C)cc4)CC3)ncnc2cc1OCC(O)CC(O)CC(=O)N(C)C. The van der Waals surface area contributed by atoms with E-state index in [4.69, 9.17) is 14.2 Å². The minimum atomic E-state index is -0.993. The summed E-state index contributed by atoms with van der Waals surface area (Å²) in [7, 11) is 4.74. The van der Waals surface area contributed by atoms with Gasteiger partial charge in [-0.3, -0.25) is 4.79 Å². The molecule has 1 fully saturated rings. The number of anilines is 2. The van der Waals surface area contributed by atoms with Crippen LogP contribution in [0.2, 0.25) is 0 Å². The fourth-order valence-electron chi connectivity index (χ4n) is 4.82. The summed E-state index contributed by atoms with van der Waals surface area (Å²) in [5.74, 6) is 2.07. The lowest BCUT2D eigenvalue weighted by molar-refractivity contribution is -0.131. The number of fused-ring (bicyclic) bond motifs is 1. The number of benzene rings is 2. The van der Waals surface area contributed by atoms with E-state index in [0.717, 1.165) is 17.0 Å². The van der Waals surface area contributed by atoms with Gasteiger partial charge in [0.2, 0.25) is 5.91 Å². The number of urea groups is 1. The third kappa shape index (κ3) is 8.60. The van der Waals surface area contributed by atoms with Crippen molar-refractivity contribution in [3.8, 4) is 17.2 Å². The van der Waals surface area contributed by atoms with Crippen molar-refractivity contribution >= 4 is 34.3 Å². The number of rotatable bonds is 12. The third-order valence-corrected chi connectivity index (χ3v) is 7.13. The molecule has 44 heavy (non-hydrogen) atoms. The van der Waals surface area contributed by atoms with Gasteiger partial charge >= 0.3 is 6.03 Å². The molecule has 3 N–H and O–H groups in total. The molecule has 2 heterocycles. The molecule has 0 radical (unpaired) electrons. The van der Waals surface area contributed by atoms with E-state index in [1.54, 1.807) is 31.1 Å². The summed E-state index contributed by atoms with van der Waals surface area (Å²) in [6, 6.07) is 10.7. The van der Waals surface area contributed by atoms with Crippen molar-refractivity contribution in [2.45, 2.75) is 45.0 Å². The molecule has 13 heteroatoms. The Morgan fingerprint density at radius 3 is 2.34 bits per heavy atom. The standard InChI is InChI=1S/C31H42N6O7/c1-20(2)44-24-8-6-21(7-9-24)34-31(41)37-12-10-36(11-13-37)30-25-16-27(42-5)28(17-26(25)32-19-33-30)43-18-23(39)14-22(38)15-29(40)35(3)4/h6-9,16-17,19-20,22-23,38-39H,10-15,18H2,1-5H3,(H,34,41). The molecule has 1 saturated heterocycles. The number of ether oxygens (including phenoxy) is 3. The molecule has 1 aliphatic rings. The summed E-state index contributed by atoms with van der Waals surface area (Å²) in [6.07, 6.45) is -0.511. The van der Waals surface area contributed by atoms with Gasteiger partial charge in [0.15, 0.2) is 11.5 Å². The number of nitrogens with zero attached hydrogens (tertiary/aromatic N) is 5. The van der Waals surface area contributed by atoms with Crippen LogP contribution in [0.4, 0.5) is 16.3 Å². The molecular weight excluding hydrogens is 568 g/mol. The second kappa shape index (κ2) is 14.9. The van der Waals surface area contributed by atoms with Crippen molar-refractivity contribution in [1.82, 2.24) is 19.8 Å². The maximum absolute atomic E-state index is 12.9. The average Bonchev–Trinajstić information content (AvgIpc) is 2.99. The van der Waals surface area contributed by atoms with Gasteiger partial charge in [-0.1, -0.05) is 0 Å². The Balaban J connectivity index is 1.36. The van der Waals surface area contributed by atoms with E-state index in [9.17, 15) is 19.8 Å². The first-order valence-electron chi connectivity index (χ1n) is 14.6. The largest absolute Gasteiger partial charge is 0.493 e. The molecule has 0 bridgehead atoms. The molecule has 3 amide bonds. The lowest BCUT2D eigenvalue weighted by Crippen LogP contribution is -2.50. The Morgan fingerprint density at radius 1 is 1.00 bits per heavy atom. The zero-order chi connectivity index (χ0) is 31.8. The number of methoxy groups -OCH3 is 1. The maximum atomic E-state index is 12.9. The Morgan fingerprint density at radius 2 is 1.70 bits per heavy atom. The predicted molar refractivity (Wildman–Crippen MR) is 167 cm³/mol. The number of nitrogens with one attached hydrogen (secondary N) is 1. The van der Waals surface area contributed by atoms with Crippen molar-refractivity contribution in [2.75, 3.05) is 64.2 Å². The highest BCUT2D eigenvalue weighted by atomic mass is 16.5. The molecule has 2 aromatic carbocycles. The number of hydrogen-bond donors (Lipinski definition) is 3. The van der Waals surface area contributed by atoms with Crippen LogP contribution in [0.3, 0.4) is 0 Å². The first-order chi connectivity index (χ1) is 21.0. The molecule has 1 aliphatic heterocycles. The number of piperazine rings is 1. The van der Waals surface area contributed by atoms with Gasteiger partial charge in [0.1, 0.15) is 24.5 Å². The second-order valence-corrected chi connectivity index (χ2v) is 11.2. The number of aliphatic hydroxyl groups is 2. The maximum Gasteiger partial charge on any atom is 0.321 e. The van der Waals surface area contributed by atoms with Crippen molar-refractivity contribution in [2.24, 2.45) is 0 Å². The number of aliphatic hydroxyl groups excluding tert-OH is 2. The molecule has 2 unspecified atom stereocenters. The monoisotopic (exact) mass is 610 g/mol. The molecule has 4 rings (SSSR count). The van der Waals surface area contributed by atoms with Crippen molar-refractivity contribution in [3.63, 3.8) is 0 Å². The number of hydrogen-bond acceptors (Lipinski definition) is 10. The molecule has 3 aromatic rings. The molecule has 0 saturated carbocycles. The van der Waals surface area contributed by atoms with E-state index < -0.39 is 12.2 Å². The van der Waals surface area contributed by atoms with E-state index in [-0.39, 0.29) is 37.5 Å². The molecule has 13 nitrogen and oxygen atoms in total. The number of aromatic nitrogens is 2. The number of amides is 3. The van der Waals surface area contributed by atoms with Crippen LogP contribution < -0.4 is 24.4 Å². The van der Waals surface area contributed by atoms with Gasteiger partial charge in [-0.15, -0.1) is 0 Å². The summed E-state index contributed by atoms with van der Waals surface area (Å²) in [5, 5.41) is 24.2. The second-order valence-electron chi connectivity index (χ2n) is 11.2.